The third kappa shape index (κ3) is 1.88. The van der Waals surface area contributed by atoms with Crippen LogP contribution in [0.25, 0.3) is 17.1 Å². The van der Waals surface area contributed by atoms with Gasteiger partial charge in [0.1, 0.15) is 0 Å². The summed E-state index contributed by atoms with van der Waals surface area (Å²) in [5, 5.41) is 12.6. The number of hydrogen-bond donors (Lipinski definition) is 0. The average Bonchev–Trinajstić information content (AvgIpc) is 2.90. The maximum absolute atomic E-state index is 4.41. The number of tetrazole rings is 1. The number of para-hydroxylation sites is 1. The number of nitrogens with zero attached hydrogens (tertiary/aromatic N) is 4. The minimum Gasteiger partial charge on any atom is -0.130 e. The highest BCUT2D eigenvalue weighted by Crippen LogP contribution is 2.15. The maximum Gasteiger partial charge on any atom is 0.205 e. The summed E-state index contributed by atoms with van der Waals surface area (Å²) in [4.78, 5) is 1.57. The summed E-state index contributed by atoms with van der Waals surface area (Å²) >= 11 is 0. The highest BCUT2D eigenvalue weighted by molar-refractivity contribution is 5.53. The standard InChI is InChI=1S/C14H12N4/c1-11-7-5-6-10-13(11)18-16-14(15-17-18)12-8-3-2-4-9-12/h2-10H,1H3. The molecule has 0 amide bonds. The lowest BCUT2D eigenvalue weighted by atomic mass is 10.2. The van der Waals surface area contributed by atoms with Gasteiger partial charge in [0.15, 0.2) is 0 Å². The number of aromatic nitrogens is 4. The molecule has 4 heteroatoms. The van der Waals surface area contributed by atoms with Gasteiger partial charge >= 0.3 is 0 Å². The Balaban J connectivity index is 2.03. The minimum absolute atomic E-state index is 0.638. The Kier molecular flexibility index (Phi) is 2.61. The van der Waals surface area contributed by atoms with Gasteiger partial charge in [-0.2, -0.15) is 0 Å². The largest absolute Gasteiger partial charge is 0.205 e. The van der Waals surface area contributed by atoms with Crippen LogP contribution in [-0.4, -0.2) is 20.2 Å². The predicted molar refractivity (Wildman–Crippen MR) is 69.3 cm³/mol. The van der Waals surface area contributed by atoms with Gasteiger partial charge in [0, 0.05) is 5.56 Å². The van der Waals surface area contributed by atoms with Crippen molar-refractivity contribution in [1.82, 2.24) is 20.2 Å². The van der Waals surface area contributed by atoms with Crippen molar-refractivity contribution in [2.75, 3.05) is 0 Å². The monoisotopic (exact) mass is 236 g/mol. The molecular formula is C14H12N4. The van der Waals surface area contributed by atoms with Crippen LogP contribution in [0.4, 0.5) is 0 Å². The first-order chi connectivity index (χ1) is 8.84. The van der Waals surface area contributed by atoms with Crippen molar-refractivity contribution in [3.63, 3.8) is 0 Å². The molecule has 0 fully saturated rings. The van der Waals surface area contributed by atoms with Gasteiger partial charge in [-0.3, -0.25) is 0 Å². The molecule has 3 aromatic rings. The average molecular weight is 236 g/mol. The van der Waals surface area contributed by atoms with E-state index in [1.165, 1.54) is 0 Å². The van der Waals surface area contributed by atoms with E-state index in [9.17, 15) is 0 Å². The SMILES string of the molecule is Cc1ccccc1-n1nnc(-c2ccccc2)n1. The molecule has 0 aliphatic rings. The Bertz CT molecular complexity index is 658. The topological polar surface area (TPSA) is 43.6 Å². The molecule has 0 unspecified atom stereocenters. The summed E-state index contributed by atoms with van der Waals surface area (Å²) in [7, 11) is 0. The van der Waals surface area contributed by atoms with Crippen molar-refractivity contribution in [3.8, 4) is 17.1 Å². The van der Waals surface area contributed by atoms with Crippen LogP contribution < -0.4 is 0 Å². The predicted octanol–water partition coefficient (Wildman–Crippen LogP) is 2.64. The summed E-state index contributed by atoms with van der Waals surface area (Å²) < 4.78 is 0. The number of rotatable bonds is 2. The van der Waals surface area contributed by atoms with Crippen LogP contribution in [0.1, 0.15) is 5.56 Å². The molecule has 18 heavy (non-hydrogen) atoms. The van der Waals surface area contributed by atoms with Crippen LogP contribution in [0.2, 0.25) is 0 Å². The Morgan fingerprint density at radius 2 is 1.61 bits per heavy atom. The second kappa shape index (κ2) is 4.41. The molecular weight excluding hydrogens is 224 g/mol. The zero-order valence-electron chi connectivity index (χ0n) is 9.99. The summed E-state index contributed by atoms with van der Waals surface area (Å²) in [6.07, 6.45) is 0. The van der Waals surface area contributed by atoms with Crippen molar-refractivity contribution in [2.45, 2.75) is 6.92 Å². The molecule has 0 bridgehead atoms. The Labute approximate surface area is 105 Å². The first kappa shape index (κ1) is 10.7. The molecule has 2 aromatic carbocycles. The molecule has 0 atom stereocenters. The lowest BCUT2D eigenvalue weighted by Crippen LogP contribution is -2.01. The van der Waals surface area contributed by atoms with Crippen molar-refractivity contribution in [2.24, 2.45) is 0 Å². The van der Waals surface area contributed by atoms with Crippen molar-refractivity contribution >= 4 is 0 Å². The van der Waals surface area contributed by atoms with Crippen LogP contribution in [0, 0.1) is 6.92 Å². The normalized spacial score (nSPS) is 10.5. The molecule has 0 radical (unpaired) electrons. The van der Waals surface area contributed by atoms with E-state index in [0.29, 0.717) is 5.82 Å². The molecule has 0 saturated carbocycles. The van der Waals surface area contributed by atoms with Gasteiger partial charge in [-0.15, -0.1) is 15.0 Å². The summed E-state index contributed by atoms with van der Waals surface area (Å²) in [5.41, 5.74) is 3.04. The number of benzene rings is 2. The highest BCUT2D eigenvalue weighted by atomic mass is 15.6. The third-order valence-corrected chi connectivity index (χ3v) is 2.78. The molecule has 0 N–H and O–H groups in total. The second-order valence-electron chi connectivity index (χ2n) is 4.06. The van der Waals surface area contributed by atoms with Crippen molar-refractivity contribution < 1.29 is 0 Å². The number of hydrogen-bond acceptors (Lipinski definition) is 3. The maximum atomic E-state index is 4.41. The minimum atomic E-state index is 0.638. The van der Waals surface area contributed by atoms with Crippen LogP contribution >= 0.6 is 0 Å². The zero-order valence-corrected chi connectivity index (χ0v) is 9.99. The molecule has 1 heterocycles. The van der Waals surface area contributed by atoms with E-state index in [0.717, 1.165) is 16.8 Å². The van der Waals surface area contributed by atoms with Crippen molar-refractivity contribution in [1.29, 1.82) is 0 Å². The fourth-order valence-corrected chi connectivity index (χ4v) is 1.81. The molecule has 4 nitrogen and oxygen atoms in total. The molecule has 0 spiro atoms. The molecule has 0 aliphatic heterocycles. The smallest absolute Gasteiger partial charge is 0.130 e. The van der Waals surface area contributed by atoms with E-state index in [-0.39, 0.29) is 0 Å². The van der Waals surface area contributed by atoms with Crippen LogP contribution in [0.5, 0.6) is 0 Å². The van der Waals surface area contributed by atoms with E-state index in [4.69, 9.17) is 0 Å². The van der Waals surface area contributed by atoms with Gasteiger partial charge < -0.3 is 0 Å². The van der Waals surface area contributed by atoms with E-state index in [1.807, 2.05) is 61.5 Å². The molecule has 0 aliphatic carbocycles. The summed E-state index contributed by atoms with van der Waals surface area (Å²) in [6, 6.07) is 17.8. The van der Waals surface area contributed by atoms with E-state index < -0.39 is 0 Å². The Morgan fingerprint density at radius 1 is 0.889 bits per heavy atom. The molecule has 1 aromatic heterocycles. The van der Waals surface area contributed by atoms with Crippen molar-refractivity contribution in [3.05, 3.63) is 60.2 Å². The first-order valence-corrected chi connectivity index (χ1v) is 5.76. The molecule has 3 rings (SSSR count). The number of aryl methyl sites for hydroxylation is 1. The van der Waals surface area contributed by atoms with E-state index in [1.54, 1.807) is 4.80 Å². The Morgan fingerprint density at radius 3 is 2.39 bits per heavy atom. The van der Waals surface area contributed by atoms with Gasteiger partial charge in [-0.25, -0.2) is 0 Å². The van der Waals surface area contributed by atoms with Crippen LogP contribution in [0.15, 0.2) is 54.6 Å². The molecule has 88 valence electrons. The van der Waals surface area contributed by atoms with E-state index >= 15 is 0 Å². The third-order valence-electron chi connectivity index (χ3n) is 2.78. The summed E-state index contributed by atoms with van der Waals surface area (Å²) in [6.45, 7) is 2.03. The van der Waals surface area contributed by atoms with E-state index in [2.05, 4.69) is 15.4 Å². The highest BCUT2D eigenvalue weighted by Gasteiger charge is 2.07. The van der Waals surface area contributed by atoms with Crippen LogP contribution in [-0.2, 0) is 0 Å². The quantitative estimate of drug-likeness (QED) is 0.687. The lowest BCUT2D eigenvalue weighted by molar-refractivity contribution is 0.716. The first-order valence-electron chi connectivity index (χ1n) is 5.76. The second-order valence-corrected chi connectivity index (χ2v) is 4.06. The fraction of sp³-hybridized carbons (Fsp3) is 0.0714. The Hall–Kier alpha value is -2.49. The van der Waals surface area contributed by atoms with Gasteiger partial charge in [0.25, 0.3) is 0 Å². The molecule has 0 saturated heterocycles. The lowest BCUT2D eigenvalue weighted by Gasteiger charge is -2.01. The van der Waals surface area contributed by atoms with Crippen LogP contribution in [0.3, 0.4) is 0 Å². The van der Waals surface area contributed by atoms with Gasteiger partial charge in [-0.1, -0.05) is 48.5 Å². The van der Waals surface area contributed by atoms with Gasteiger partial charge in [0.2, 0.25) is 5.82 Å². The van der Waals surface area contributed by atoms with Gasteiger partial charge in [0.05, 0.1) is 5.69 Å². The fourth-order valence-electron chi connectivity index (χ4n) is 1.81. The zero-order chi connectivity index (χ0) is 12.4. The summed E-state index contributed by atoms with van der Waals surface area (Å²) in [5.74, 6) is 0.638. The van der Waals surface area contributed by atoms with Gasteiger partial charge in [-0.05, 0) is 23.8 Å².